The van der Waals surface area contributed by atoms with Crippen molar-refractivity contribution in [1.82, 2.24) is 4.90 Å². The topological polar surface area (TPSA) is 23.6 Å². The second-order valence-corrected chi connectivity index (χ2v) is 5.85. The van der Waals surface area contributed by atoms with Crippen LogP contribution in [0.4, 0.5) is 5.69 Å². The average Bonchev–Trinajstić information content (AvgIpc) is 2.89. The molecule has 0 radical (unpaired) electrons. The molecule has 1 unspecified atom stereocenters. The summed E-state index contributed by atoms with van der Waals surface area (Å²) in [6, 6.07) is 6.55. The lowest BCUT2D eigenvalue weighted by Gasteiger charge is -2.27. The van der Waals surface area contributed by atoms with Crippen LogP contribution < -0.4 is 4.90 Å². The molecular weight excluding hydrogens is 304 g/mol. The van der Waals surface area contributed by atoms with E-state index in [0.29, 0.717) is 6.04 Å². The van der Waals surface area contributed by atoms with E-state index in [4.69, 9.17) is 0 Å². The van der Waals surface area contributed by atoms with Crippen molar-refractivity contribution in [3.8, 4) is 0 Å². The number of anilines is 1. The molecule has 0 saturated carbocycles. The van der Waals surface area contributed by atoms with Gasteiger partial charge in [-0.05, 0) is 37.7 Å². The minimum atomic E-state index is 0.609. The second kappa shape index (κ2) is 6.53. The molecule has 1 atom stereocenters. The van der Waals surface area contributed by atoms with Crippen LogP contribution in [0.15, 0.2) is 22.7 Å². The molecule has 1 aromatic rings. The molecule has 1 saturated heterocycles. The molecule has 0 amide bonds. The van der Waals surface area contributed by atoms with E-state index >= 15 is 0 Å². The fourth-order valence-electron chi connectivity index (χ4n) is 2.91. The third-order valence-corrected chi connectivity index (χ3v) is 4.44. The first-order valence-electron chi connectivity index (χ1n) is 6.93. The van der Waals surface area contributed by atoms with Gasteiger partial charge in [0.1, 0.15) is 0 Å². The first-order chi connectivity index (χ1) is 9.19. The zero-order chi connectivity index (χ0) is 13.8. The fourth-order valence-corrected chi connectivity index (χ4v) is 3.29. The Bertz CT molecular complexity index is 446. The van der Waals surface area contributed by atoms with Crippen molar-refractivity contribution >= 4 is 27.9 Å². The summed E-state index contributed by atoms with van der Waals surface area (Å²) in [5.41, 5.74) is 1.84. The summed E-state index contributed by atoms with van der Waals surface area (Å²) < 4.78 is 0.956. The van der Waals surface area contributed by atoms with E-state index < -0.39 is 0 Å². The normalized spacial score (nSPS) is 19.2. The van der Waals surface area contributed by atoms with Gasteiger partial charge < -0.3 is 4.90 Å². The van der Waals surface area contributed by atoms with E-state index in [1.54, 1.807) is 0 Å². The number of hydrogen-bond acceptors (Lipinski definition) is 3. The summed E-state index contributed by atoms with van der Waals surface area (Å²) in [5, 5.41) is 0. The summed E-state index contributed by atoms with van der Waals surface area (Å²) >= 11 is 3.42. The van der Waals surface area contributed by atoms with Gasteiger partial charge in [-0.2, -0.15) is 0 Å². The summed E-state index contributed by atoms with van der Waals surface area (Å²) in [7, 11) is 0. The Morgan fingerprint density at radius 3 is 2.79 bits per heavy atom. The Morgan fingerprint density at radius 2 is 2.16 bits per heavy atom. The maximum atomic E-state index is 11.2. The molecule has 1 aliphatic rings. The summed E-state index contributed by atoms with van der Waals surface area (Å²) in [5.74, 6) is 0. The SMILES string of the molecule is CCN(CC)C1CCN(c2ccc(Br)cc2C=O)C1. The molecular formula is C15H21BrN2O. The van der Waals surface area contributed by atoms with Crippen LogP contribution in [0.25, 0.3) is 0 Å². The van der Waals surface area contributed by atoms with E-state index in [9.17, 15) is 4.79 Å². The summed E-state index contributed by atoms with van der Waals surface area (Å²) in [4.78, 5) is 16.0. The molecule has 1 aromatic carbocycles. The smallest absolute Gasteiger partial charge is 0.152 e. The first kappa shape index (κ1) is 14.5. The Balaban J connectivity index is 2.14. The highest BCUT2D eigenvalue weighted by atomic mass is 79.9. The number of nitrogens with zero attached hydrogens (tertiary/aromatic N) is 2. The molecule has 1 aliphatic heterocycles. The number of hydrogen-bond donors (Lipinski definition) is 0. The van der Waals surface area contributed by atoms with Gasteiger partial charge in [-0.1, -0.05) is 29.8 Å². The van der Waals surface area contributed by atoms with Gasteiger partial charge in [-0.25, -0.2) is 0 Å². The average molecular weight is 325 g/mol. The minimum absolute atomic E-state index is 0.609. The lowest BCUT2D eigenvalue weighted by atomic mass is 10.2. The van der Waals surface area contributed by atoms with Gasteiger partial charge in [0, 0.05) is 34.9 Å². The van der Waals surface area contributed by atoms with Crippen molar-refractivity contribution in [3.63, 3.8) is 0 Å². The Kier molecular flexibility index (Phi) is 4.99. The van der Waals surface area contributed by atoms with Crippen LogP contribution in [0.5, 0.6) is 0 Å². The van der Waals surface area contributed by atoms with Crippen LogP contribution in [0.1, 0.15) is 30.6 Å². The predicted molar refractivity (Wildman–Crippen MR) is 83.1 cm³/mol. The quantitative estimate of drug-likeness (QED) is 0.777. The number of likely N-dealkylation sites (N-methyl/N-ethyl adjacent to an activating group) is 1. The predicted octanol–water partition coefficient (Wildman–Crippen LogP) is 3.18. The molecule has 19 heavy (non-hydrogen) atoms. The van der Waals surface area contributed by atoms with Gasteiger partial charge in [0.15, 0.2) is 6.29 Å². The van der Waals surface area contributed by atoms with Crippen molar-refractivity contribution < 1.29 is 4.79 Å². The van der Waals surface area contributed by atoms with Crippen molar-refractivity contribution in [1.29, 1.82) is 0 Å². The highest BCUT2D eigenvalue weighted by molar-refractivity contribution is 9.10. The highest BCUT2D eigenvalue weighted by Crippen LogP contribution is 2.27. The zero-order valence-corrected chi connectivity index (χ0v) is 13.2. The van der Waals surface area contributed by atoms with Gasteiger partial charge in [-0.15, -0.1) is 0 Å². The van der Waals surface area contributed by atoms with E-state index in [1.165, 1.54) is 6.42 Å². The van der Waals surface area contributed by atoms with Crippen molar-refractivity contribution in [3.05, 3.63) is 28.2 Å². The van der Waals surface area contributed by atoms with E-state index in [1.807, 2.05) is 18.2 Å². The van der Waals surface area contributed by atoms with E-state index in [0.717, 1.165) is 48.2 Å². The molecule has 2 rings (SSSR count). The van der Waals surface area contributed by atoms with Gasteiger partial charge in [0.05, 0.1) is 0 Å². The third kappa shape index (κ3) is 3.18. The van der Waals surface area contributed by atoms with Gasteiger partial charge in [0.25, 0.3) is 0 Å². The van der Waals surface area contributed by atoms with Crippen LogP contribution in [0.3, 0.4) is 0 Å². The molecule has 0 aromatic heterocycles. The third-order valence-electron chi connectivity index (χ3n) is 3.95. The van der Waals surface area contributed by atoms with Crippen LogP contribution in [0, 0.1) is 0 Å². The lowest BCUT2D eigenvalue weighted by molar-refractivity contribution is 0.112. The molecule has 0 spiro atoms. The van der Waals surface area contributed by atoms with E-state index in [-0.39, 0.29) is 0 Å². The largest absolute Gasteiger partial charge is 0.369 e. The number of rotatable bonds is 5. The van der Waals surface area contributed by atoms with E-state index in [2.05, 4.69) is 39.6 Å². The monoisotopic (exact) mass is 324 g/mol. The van der Waals surface area contributed by atoms with Gasteiger partial charge in [0.2, 0.25) is 0 Å². The molecule has 0 bridgehead atoms. The van der Waals surface area contributed by atoms with Crippen molar-refractivity contribution in [2.75, 3.05) is 31.1 Å². The summed E-state index contributed by atoms with van der Waals surface area (Å²) in [6.45, 7) is 8.66. The standard InChI is InChI=1S/C15H21BrN2O/c1-3-17(4-2)14-7-8-18(10-14)15-6-5-13(16)9-12(15)11-19/h5-6,9,11,14H,3-4,7-8,10H2,1-2H3. The molecule has 1 heterocycles. The first-order valence-corrected chi connectivity index (χ1v) is 7.72. The zero-order valence-electron chi connectivity index (χ0n) is 11.6. The van der Waals surface area contributed by atoms with Crippen LogP contribution in [0.2, 0.25) is 0 Å². The fraction of sp³-hybridized carbons (Fsp3) is 0.533. The molecule has 1 fully saturated rings. The number of benzene rings is 1. The van der Waals surface area contributed by atoms with Crippen LogP contribution in [-0.2, 0) is 0 Å². The Labute approximate surface area is 123 Å². The van der Waals surface area contributed by atoms with Crippen LogP contribution in [-0.4, -0.2) is 43.4 Å². The number of halogens is 1. The lowest BCUT2D eigenvalue weighted by Crippen LogP contribution is -2.37. The Hall–Kier alpha value is -0.870. The number of aldehydes is 1. The maximum Gasteiger partial charge on any atom is 0.152 e. The molecule has 3 nitrogen and oxygen atoms in total. The maximum absolute atomic E-state index is 11.2. The van der Waals surface area contributed by atoms with Crippen molar-refractivity contribution in [2.24, 2.45) is 0 Å². The minimum Gasteiger partial charge on any atom is -0.369 e. The van der Waals surface area contributed by atoms with Gasteiger partial charge >= 0.3 is 0 Å². The Morgan fingerprint density at radius 1 is 1.42 bits per heavy atom. The van der Waals surface area contributed by atoms with Crippen LogP contribution >= 0.6 is 15.9 Å². The molecule has 4 heteroatoms. The number of carbonyl (C=O) groups excluding carboxylic acids is 1. The molecule has 104 valence electrons. The highest BCUT2D eigenvalue weighted by Gasteiger charge is 2.27. The second-order valence-electron chi connectivity index (χ2n) is 4.93. The molecule has 0 aliphatic carbocycles. The van der Waals surface area contributed by atoms with Crippen molar-refractivity contribution in [2.45, 2.75) is 26.3 Å². The van der Waals surface area contributed by atoms with Gasteiger partial charge in [-0.3, -0.25) is 9.69 Å². The summed E-state index contributed by atoms with van der Waals surface area (Å²) in [6.07, 6.45) is 2.13. The molecule has 0 N–H and O–H groups in total. The number of carbonyl (C=O) groups is 1.